The summed E-state index contributed by atoms with van der Waals surface area (Å²) in [6, 6.07) is 3.78. The van der Waals surface area contributed by atoms with Crippen molar-refractivity contribution in [3.63, 3.8) is 0 Å². The van der Waals surface area contributed by atoms with E-state index in [1.165, 1.54) is 0 Å². The zero-order valence-corrected chi connectivity index (χ0v) is 14.9. The van der Waals surface area contributed by atoms with Gasteiger partial charge in [0.2, 0.25) is 11.8 Å². The van der Waals surface area contributed by atoms with Crippen LogP contribution in [0.25, 0.3) is 0 Å². The summed E-state index contributed by atoms with van der Waals surface area (Å²) in [5.41, 5.74) is 0.954. The van der Waals surface area contributed by atoms with Crippen molar-refractivity contribution >= 4 is 11.8 Å². The number of likely N-dealkylation sites (tertiary alicyclic amines) is 1. The summed E-state index contributed by atoms with van der Waals surface area (Å²) < 4.78 is 0. The normalized spacial score (nSPS) is 24.8. The lowest BCUT2D eigenvalue weighted by atomic mass is 9.95. The molecule has 2 N–H and O–H groups in total. The molecule has 25 heavy (non-hydrogen) atoms. The zero-order chi connectivity index (χ0) is 17.6. The average molecular weight is 344 g/mol. The third-order valence-electron chi connectivity index (χ3n) is 5.33. The van der Waals surface area contributed by atoms with Crippen LogP contribution in [0.1, 0.15) is 44.1 Å². The van der Waals surface area contributed by atoms with Crippen molar-refractivity contribution in [2.24, 2.45) is 5.92 Å². The molecule has 0 radical (unpaired) electrons. The van der Waals surface area contributed by atoms with Crippen molar-refractivity contribution in [1.29, 1.82) is 0 Å². The molecule has 3 heterocycles. The molecule has 1 aromatic rings. The predicted molar refractivity (Wildman–Crippen MR) is 96.0 cm³/mol. The maximum absolute atomic E-state index is 12.8. The van der Waals surface area contributed by atoms with Gasteiger partial charge in [-0.05, 0) is 56.7 Å². The third kappa shape index (κ3) is 4.57. The molecule has 2 saturated heterocycles. The van der Waals surface area contributed by atoms with Crippen molar-refractivity contribution in [2.45, 2.75) is 44.6 Å². The molecule has 0 aliphatic carbocycles. The number of hydrogen-bond acceptors (Lipinski definition) is 4. The molecule has 2 fully saturated rings. The second-order valence-corrected chi connectivity index (χ2v) is 7.19. The maximum atomic E-state index is 12.8. The summed E-state index contributed by atoms with van der Waals surface area (Å²) in [6.07, 6.45) is 7.52. The Balaban J connectivity index is 1.50. The van der Waals surface area contributed by atoms with Crippen LogP contribution in [0.2, 0.25) is 0 Å². The average Bonchev–Trinajstić information content (AvgIpc) is 3.21. The lowest BCUT2D eigenvalue weighted by Crippen LogP contribution is -2.47. The molecule has 0 spiro atoms. The lowest BCUT2D eigenvalue weighted by Gasteiger charge is -2.34. The number of carbonyl (C=O) groups excluding carboxylic acids is 2. The molecule has 2 amide bonds. The molecule has 0 bridgehead atoms. The fourth-order valence-corrected chi connectivity index (χ4v) is 3.76. The summed E-state index contributed by atoms with van der Waals surface area (Å²) in [6.45, 7) is 5.05. The molecule has 2 aliphatic heterocycles. The van der Waals surface area contributed by atoms with Gasteiger partial charge in [0.05, 0.1) is 12.0 Å². The molecular weight excluding hydrogens is 316 g/mol. The summed E-state index contributed by atoms with van der Waals surface area (Å²) in [5, 5.41) is 6.29. The summed E-state index contributed by atoms with van der Waals surface area (Å²) in [4.78, 5) is 31.0. The Bertz CT molecular complexity index is 586. The van der Waals surface area contributed by atoms with Crippen LogP contribution in [-0.2, 0) is 9.59 Å². The number of pyridine rings is 1. The Labute approximate surface area is 149 Å². The van der Waals surface area contributed by atoms with Gasteiger partial charge in [-0.25, -0.2) is 0 Å². The molecule has 6 nitrogen and oxygen atoms in total. The predicted octanol–water partition coefficient (Wildman–Crippen LogP) is 1.29. The Morgan fingerprint density at radius 1 is 1.40 bits per heavy atom. The first-order chi connectivity index (χ1) is 12.1. The van der Waals surface area contributed by atoms with Crippen molar-refractivity contribution in [1.82, 2.24) is 20.5 Å². The van der Waals surface area contributed by atoms with Gasteiger partial charge in [0.15, 0.2) is 0 Å². The Hall–Kier alpha value is -1.95. The maximum Gasteiger partial charge on any atom is 0.237 e. The van der Waals surface area contributed by atoms with E-state index in [-0.39, 0.29) is 23.8 Å². The number of amides is 2. The minimum Gasteiger partial charge on any atom is -0.354 e. The van der Waals surface area contributed by atoms with Gasteiger partial charge < -0.3 is 15.5 Å². The monoisotopic (exact) mass is 344 g/mol. The van der Waals surface area contributed by atoms with Crippen LogP contribution in [0.15, 0.2) is 24.5 Å². The molecule has 6 heteroatoms. The van der Waals surface area contributed by atoms with Crippen LogP contribution in [0.5, 0.6) is 0 Å². The first-order valence-electron chi connectivity index (χ1n) is 9.35. The smallest absolute Gasteiger partial charge is 0.237 e. The summed E-state index contributed by atoms with van der Waals surface area (Å²) in [5.74, 6) is 0.417. The van der Waals surface area contributed by atoms with Gasteiger partial charge in [-0.3, -0.25) is 14.6 Å². The Morgan fingerprint density at radius 3 is 3.00 bits per heavy atom. The molecule has 3 rings (SSSR count). The molecule has 0 aromatic carbocycles. The largest absolute Gasteiger partial charge is 0.354 e. The van der Waals surface area contributed by atoms with Crippen molar-refractivity contribution in [3.05, 3.63) is 30.1 Å². The molecule has 136 valence electrons. The number of piperidine rings is 1. The number of aromatic nitrogens is 1. The fourth-order valence-electron chi connectivity index (χ4n) is 3.76. The lowest BCUT2D eigenvalue weighted by molar-refractivity contribution is -0.134. The van der Waals surface area contributed by atoms with E-state index in [1.807, 2.05) is 24.0 Å². The summed E-state index contributed by atoms with van der Waals surface area (Å²) in [7, 11) is 0. The molecule has 1 aromatic heterocycles. The topological polar surface area (TPSA) is 74.3 Å². The molecular formula is C19H28N4O2. The SMILES string of the molecule is C[C@H](C(=O)N1CCC[C@@H](CNC(=O)[C@@H]2CCCN2)C1)c1cccnc1. The quantitative estimate of drug-likeness (QED) is 0.844. The first kappa shape index (κ1) is 17.9. The van der Waals surface area contributed by atoms with Gasteiger partial charge in [0.25, 0.3) is 0 Å². The van der Waals surface area contributed by atoms with E-state index in [0.717, 1.165) is 50.9 Å². The second kappa shape index (κ2) is 8.43. The van der Waals surface area contributed by atoms with Crippen LogP contribution in [0.4, 0.5) is 0 Å². The highest BCUT2D eigenvalue weighted by atomic mass is 16.2. The van der Waals surface area contributed by atoms with Gasteiger partial charge >= 0.3 is 0 Å². The van der Waals surface area contributed by atoms with Gasteiger partial charge in [0, 0.05) is 32.0 Å². The van der Waals surface area contributed by atoms with Crippen LogP contribution in [0.3, 0.4) is 0 Å². The third-order valence-corrected chi connectivity index (χ3v) is 5.33. The Kier molecular flexibility index (Phi) is 6.02. The highest BCUT2D eigenvalue weighted by Crippen LogP contribution is 2.22. The molecule has 0 saturated carbocycles. The number of hydrogen-bond donors (Lipinski definition) is 2. The number of nitrogens with zero attached hydrogens (tertiary/aromatic N) is 2. The molecule has 3 atom stereocenters. The van der Waals surface area contributed by atoms with Gasteiger partial charge in [-0.2, -0.15) is 0 Å². The molecule has 2 aliphatic rings. The van der Waals surface area contributed by atoms with E-state index in [9.17, 15) is 9.59 Å². The minimum atomic E-state index is -0.176. The molecule has 0 unspecified atom stereocenters. The van der Waals surface area contributed by atoms with E-state index in [2.05, 4.69) is 15.6 Å². The second-order valence-electron chi connectivity index (χ2n) is 7.19. The van der Waals surface area contributed by atoms with E-state index in [0.29, 0.717) is 12.5 Å². The Morgan fingerprint density at radius 2 is 2.28 bits per heavy atom. The number of carbonyl (C=O) groups is 2. The van der Waals surface area contributed by atoms with Crippen molar-refractivity contribution < 1.29 is 9.59 Å². The van der Waals surface area contributed by atoms with Crippen LogP contribution in [0, 0.1) is 5.92 Å². The van der Waals surface area contributed by atoms with Gasteiger partial charge in [-0.1, -0.05) is 6.07 Å². The fraction of sp³-hybridized carbons (Fsp3) is 0.632. The van der Waals surface area contributed by atoms with E-state index in [1.54, 1.807) is 12.4 Å². The van der Waals surface area contributed by atoms with E-state index in [4.69, 9.17) is 0 Å². The van der Waals surface area contributed by atoms with Crippen LogP contribution >= 0.6 is 0 Å². The van der Waals surface area contributed by atoms with Crippen molar-refractivity contribution in [3.8, 4) is 0 Å². The van der Waals surface area contributed by atoms with E-state index < -0.39 is 0 Å². The first-order valence-corrected chi connectivity index (χ1v) is 9.35. The van der Waals surface area contributed by atoms with Gasteiger partial charge in [-0.15, -0.1) is 0 Å². The van der Waals surface area contributed by atoms with Gasteiger partial charge in [0.1, 0.15) is 0 Å². The van der Waals surface area contributed by atoms with E-state index >= 15 is 0 Å². The minimum absolute atomic E-state index is 0.0353. The summed E-state index contributed by atoms with van der Waals surface area (Å²) >= 11 is 0. The number of nitrogens with one attached hydrogen (secondary N) is 2. The van der Waals surface area contributed by atoms with Crippen LogP contribution in [-0.4, -0.2) is 53.9 Å². The highest BCUT2D eigenvalue weighted by molar-refractivity contribution is 5.83. The highest BCUT2D eigenvalue weighted by Gasteiger charge is 2.28. The van der Waals surface area contributed by atoms with Crippen molar-refractivity contribution in [2.75, 3.05) is 26.2 Å². The van der Waals surface area contributed by atoms with Crippen LogP contribution < -0.4 is 10.6 Å². The number of rotatable bonds is 5. The zero-order valence-electron chi connectivity index (χ0n) is 14.9. The standard InChI is InChI=1S/C19H28N4O2/c1-14(16-6-2-8-20-12-16)19(25)23-10-4-5-15(13-23)11-22-18(24)17-7-3-9-21-17/h2,6,8,12,14-15,17,21H,3-5,7,9-11,13H2,1H3,(H,22,24)/t14-,15-,17-/m0/s1.